The maximum absolute atomic E-state index is 11.5. The molecule has 3 rings (SSSR count). The summed E-state index contributed by atoms with van der Waals surface area (Å²) in [6, 6.07) is 28.4. The molecule has 0 spiro atoms. The van der Waals surface area contributed by atoms with E-state index in [9.17, 15) is 5.11 Å². The van der Waals surface area contributed by atoms with Gasteiger partial charge in [0.15, 0.2) is 0 Å². The zero-order valence-electron chi connectivity index (χ0n) is 14.7. The Hall–Kier alpha value is -2.42. The summed E-state index contributed by atoms with van der Waals surface area (Å²) in [5, 5.41) is 15.0. The van der Waals surface area contributed by atoms with Crippen molar-refractivity contribution in [3.63, 3.8) is 0 Å². The van der Waals surface area contributed by atoms with Crippen LogP contribution in [-0.4, -0.2) is 11.7 Å². The monoisotopic (exact) mass is 331 g/mol. The SMILES string of the molecule is CCc1ccc([C@](O)(CNCc2ccccc2)c2ccccc2)cc1. The van der Waals surface area contributed by atoms with Gasteiger partial charge in [-0.25, -0.2) is 0 Å². The highest BCUT2D eigenvalue weighted by Gasteiger charge is 2.31. The molecule has 0 saturated carbocycles. The smallest absolute Gasteiger partial charge is 0.127 e. The Balaban J connectivity index is 1.83. The van der Waals surface area contributed by atoms with Crippen LogP contribution < -0.4 is 5.32 Å². The summed E-state index contributed by atoms with van der Waals surface area (Å²) in [5.74, 6) is 0. The van der Waals surface area contributed by atoms with Crippen LogP contribution in [0.3, 0.4) is 0 Å². The first kappa shape index (κ1) is 17.4. The van der Waals surface area contributed by atoms with Crippen LogP contribution >= 0.6 is 0 Å². The van der Waals surface area contributed by atoms with E-state index in [0.29, 0.717) is 6.54 Å². The second-order valence-electron chi connectivity index (χ2n) is 6.37. The van der Waals surface area contributed by atoms with Gasteiger partial charge in [-0.2, -0.15) is 0 Å². The molecule has 0 unspecified atom stereocenters. The number of hydrogen-bond donors (Lipinski definition) is 2. The van der Waals surface area contributed by atoms with E-state index < -0.39 is 5.60 Å². The van der Waals surface area contributed by atoms with Crippen LogP contribution in [0.5, 0.6) is 0 Å². The van der Waals surface area contributed by atoms with Crippen molar-refractivity contribution in [2.45, 2.75) is 25.5 Å². The lowest BCUT2D eigenvalue weighted by molar-refractivity contribution is 0.0796. The van der Waals surface area contributed by atoms with Crippen LogP contribution in [0.1, 0.15) is 29.2 Å². The quantitative estimate of drug-likeness (QED) is 0.677. The second-order valence-corrected chi connectivity index (χ2v) is 6.37. The van der Waals surface area contributed by atoms with Gasteiger partial charge in [0, 0.05) is 13.1 Å². The highest BCUT2D eigenvalue weighted by atomic mass is 16.3. The molecule has 0 aliphatic carbocycles. The van der Waals surface area contributed by atoms with Crippen molar-refractivity contribution in [2.24, 2.45) is 0 Å². The van der Waals surface area contributed by atoms with E-state index >= 15 is 0 Å². The van der Waals surface area contributed by atoms with E-state index in [-0.39, 0.29) is 0 Å². The van der Waals surface area contributed by atoms with Gasteiger partial charge in [-0.1, -0.05) is 91.9 Å². The largest absolute Gasteiger partial charge is 0.379 e. The fourth-order valence-corrected chi connectivity index (χ4v) is 3.08. The minimum absolute atomic E-state index is 0.456. The van der Waals surface area contributed by atoms with Gasteiger partial charge in [0.05, 0.1) is 0 Å². The van der Waals surface area contributed by atoms with Gasteiger partial charge in [-0.3, -0.25) is 0 Å². The van der Waals surface area contributed by atoms with Crippen molar-refractivity contribution in [3.8, 4) is 0 Å². The summed E-state index contributed by atoms with van der Waals surface area (Å²) in [4.78, 5) is 0. The Labute approximate surface area is 150 Å². The summed E-state index contributed by atoms with van der Waals surface area (Å²) in [7, 11) is 0. The molecule has 0 heterocycles. The highest BCUT2D eigenvalue weighted by Crippen LogP contribution is 2.29. The Bertz CT molecular complexity index is 768. The summed E-state index contributed by atoms with van der Waals surface area (Å²) in [5.41, 5.74) is 3.24. The molecule has 1 atom stereocenters. The molecule has 25 heavy (non-hydrogen) atoms. The highest BCUT2D eigenvalue weighted by molar-refractivity contribution is 5.38. The average Bonchev–Trinajstić information content (AvgIpc) is 2.69. The molecule has 128 valence electrons. The van der Waals surface area contributed by atoms with E-state index in [0.717, 1.165) is 24.1 Å². The molecule has 2 nitrogen and oxygen atoms in total. The number of hydrogen-bond acceptors (Lipinski definition) is 2. The standard InChI is InChI=1S/C23H25NO/c1-2-19-13-15-22(16-14-19)23(25,21-11-7-4-8-12-21)18-24-17-20-9-5-3-6-10-20/h3-16,24-25H,2,17-18H2,1H3/t23-/m0/s1. The Morgan fingerprint density at radius 2 is 1.28 bits per heavy atom. The molecule has 0 aliphatic heterocycles. The molecule has 3 aromatic rings. The maximum atomic E-state index is 11.5. The summed E-state index contributed by atoms with van der Waals surface area (Å²) in [6.07, 6.45) is 0.996. The number of aryl methyl sites for hydroxylation is 1. The van der Waals surface area contributed by atoms with E-state index in [1.165, 1.54) is 11.1 Å². The predicted molar refractivity (Wildman–Crippen MR) is 103 cm³/mol. The van der Waals surface area contributed by atoms with Gasteiger partial charge in [0.25, 0.3) is 0 Å². The van der Waals surface area contributed by atoms with Gasteiger partial charge >= 0.3 is 0 Å². The molecule has 3 aromatic carbocycles. The van der Waals surface area contributed by atoms with E-state index in [4.69, 9.17) is 0 Å². The molecule has 0 aromatic heterocycles. The number of rotatable bonds is 7. The molecular formula is C23H25NO. The molecule has 2 heteroatoms. The molecule has 0 fully saturated rings. The fraction of sp³-hybridized carbons (Fsp3) is 0.217. The fourth-order valence-electron chi connectivity index (χ4n) is 3.08. The minimum atomic E-state index is -1.05. The average molecular weight is 331 g/mol. The van der Waals surface area contributed by atoms with Gasteiger partial charge in [-0.05, 0) is 28.7 Å². The third-order valence-corrected chi connectivity index (χ3v) is 4.64. The first-order valence-corrected chi connectivity index (χ1v) is 8.84. The second kappa shape index (κ2) is 8.11. The third-order valence-electron chi connectivity index (χ3n) is 4.64. The van der Waals surface area contributed by atoms with E-state index in [1.54, 1.807) is 0 Å². The van der Waals surface area contributed by atoms with Crippen molar-refractivity contribution in [1.82, 2.24) is 5.32 Å². The van der Waals surface area contributed by atoms with Gasteiger partial charge in [0.1, 0.15) is 5.60 Å². The summed E-state index contributed by atoms with van der Waals surface area (Å²) in [6.45, 7) is 3.32. The zero-order valence-corrected chi connectivity index (χ0v) is 14.7. The lowest BCUT2D eigenvalue weighted by atomic mass is 9.85. The van der Waals surface area contributed by atoms with Crippen molar-refractivity contribution >= 4 is 0 Å². The van der Waals surface area contributed by atoms with Crippen LogP contribution in [0.4, 0.5) is 0 Å². The van der Waals surface area contributed by atoms with Crippen molar-refractivity contribution in [2.75, 3.05) is 6.54 Å². The lowest BCUT2D eigenvalue weighted by Gasteiger charge is -2.30. The molecule has 0 saturated heterocycles. The van der Waals surface area contributed by atoms with Crippen molar-refractivity contribution in [1.29, 1.82) is 0 Å². The summed E-state index contributed by atoms with van der Waals surface area (Å²) < 4.78 is 0. The molecule has 0 amide bonds. The Kier molecular flexibility index (Phi) is 5.64. The predicted octanol–water partition coefficient (Wildman–Crippen LogP) is 4.27. The van der Waals surface area contributed by atoms with Gasteiger partial charge in [-0.15, -0.1) is 0 Å². The summed E-state index contributed by atoms with van der Waals surface area (Å²) >= 11 is 0. The molecular weight excluding hydrogens is 306 g/mol. The maximum Gasteiger partial charge on any atom is 0.127 e. The molecule has 0 radical (unpaired) electrons. The number of benzene rings is 3. The topological polar surface area (TPSA) is 32.3 Å². The zero-order chi connectivity index (χ0) is 17.5. The minimum Gasteiger partial charge on any atom is -0.379 e. The third kappa shape index (κ3) is 4.16. The van der Waals surface area contributed by atoms with Crippen LogP contribution in [0.2, 0.25) is 0 Å². The lowest BCUT2D eigenvalue weighted by Crippen LogP contribution is -2.39. The van der Waals surface area contributed by atoms with Crippen LogP contribution in [0, 0.1) is 0 Å². The first-order chi connectivity index (χ1) is 12.2. The number of nitrogens with one attached hydrogen (secondary N) is 1. The van der Waals surface area contributed by atoms with E-state index in [1.807, 2.05) is 60.7 Å². The Morgan fingerprint density at radius 1 is 0.720 bits per heavy atom. The van der Waals surface area contributed by atoms with Crippen molar-refractivity contribution < 1.29 is 5.11 Å². The van der Waals surface area contributed by atoms with Crippen LogP contribution in [0.25, 0.3) is 0 Å². The Morgan fingerprint density at radius 3 is 1.88 bits per heavy atom. The molecule has 0 aliphatic rings. The molecule has 2 N–H and O–H groups in total. The van der Waals surface area contributed by atoms with Gasteiger partial charge < -0.3 is 10.4 Å². The van der Waals surface area contributed by atoms with Crippen LogP contribution in [-0.2, 0) is 18.6 Å². The van der Waals surface area contributed by atoms with Gasteiger partial charge in [0.2, 0.25) is 0 Å². The first-order valence-electron chi connectivity index (χ1n) is 8.84. The van der Waals surface area contributed by atoms with E-state index in [2.05, 4.69) is 36.5 Å². The van der Waals surface area contributed by atoms with Crippen LogP contribution in [0.15, 0.2) is 84.9 Å². The van der Waals surface area contributed by atoms with Crippen molar-refractivity contribution in [3.05, 3.63) is 107 Å². The number of aliphatic hydroxyl groups is 1. The normalized spacial score (nSPS) is 13.4. The molecule has 0 bridgehead atoms.